The lowest BCUT2D eigenvalue weighted by atomic mass is 10.1. The zero-order valence-corrected chi connectivity index (χ0v) is 11.5. The molecular formula is C13H16N2O6. The van der Waals surface area contributed by atoms with Crippen LogP contribution in [0, 0.1) is 10.1 Å². The Balaban J connectivity index is 2.76. The van der Waals surface area contributed by atoms with E-state index in [4.69, 9.17) is 9.84 Å². The molecule has 0 heterocycles. The average molecular weight is 296 g/mol. The number of carbonyl (C=O) groups excluding carboxylic acids is 1. The standard InChI is InChI=1S/C13H16N2O6/c1-2-6-21-7-5-12(16)14-11-4-3-9(15(19)20)8-10(11)13(17)18/h3-4,8H,2,5-7H2,1H3,(H,14,16)(H,17,18). The molecule has 8 heteroatoms. The molecule has 0 aliphatic carbocycles. The molecule has 1 aromatic carbocycles. The summed E-state index contributed by atoms with van der Waals surface area (Å²) < 4.78 is 5.15. The first kappa shape index (κ1) is 16.6. The molecule has 1 aromatic rings. The van der Waals surface area contributed by atoms with Crippen LogP contribution in [-0.2, 0) is 9.53 Å². The van der Waals surface area contributed by atoms with Gasteiger partial charge >= 0.3 is 5.97 Å². The maximum atomic E-state index is 11.7. The number of nitrogens with zero attached hydrogens (tertiary/aromatic N) is 1. The Bertz CT molecular complexity index is 543. The van der Waals surface area contributed by atoms with Gasteiger partial charge in [-0.3, -0.25) is 14.9 Å². The fourth-order valence-corrected chi connectivity index (χ4v) is 1.56. The summed E-state index contributed by atoms with van der Waals surface area (Å²) in [4.78, 5) is 32.7. The number of carboxylic acids is 1. The minimum Gasteiger partial charge on any atom is -0.478 e. The molecule has 0 unspecified atom stereocenters. The van der Waals surface area contributed by atoms with Crippen molar-refractivity contribution in [2.24, 2.45) is 0 Å². The molecule has 114 valence electrons. The number of carbonyl (C=O) groups is 2. The number of nitrogens with one attached hydrogen (secondary N) is 1. The number of hydrogen-bond donors (Lipinski definition) is 2. The smallest absolute Gasteiger partial charge is 0.338 e. The molecule has 0 radical (unpaired) electrons. The molecule has 0 spiro atoms. The Hall–Kier alpha value is -2.48. The Morgan fingerprint density at radius 3 is 2.67 bits per heavy atom. The number of anilines is 1. The summed E-state index contributed by atoms with van der Waals surface area (Å²) in [6.07, 6.45) is 0.920. The molecule has 0 aliphatic heterocycles. The number of rotatable bonds is 8. The van der Waals surface area contributed by atoms with Crippen molar-refractivity contribution in [3.8, 4) is 0 Å². The van der Waals surface area contributed by atoms with Crippen LogP contribution in [0.15, 0.2) is 18.2 Å². The second kappa shape index (κ2) is 7.95. The normalized spacial score (nSPS) is 10.1. The van der Waals surface area contributed by atoms with Gasteiger partial charge in [-0.2, -0.15) is 0 Å². The number of ether oxygens (including phenoxy) is 1. The van der Waals surface area contributed by atoms with E-state index in [1.807, 2.05) is 6.92 Å². The van der Waals surface area contributed by atoms with E-state index in [-0.39, 0.29) is 30.0 Å². The summed E-state index contributed by atoms with van der Waals surface area (Å²) in [5.41, 5.74) is -0.655. The molecule has 1 amide bonds. The topological polar surface area (TPSA) is 119 Å². The highest BCUT2D eigenvalue weighted by Gasteiger charge is 2.17. The predicted molar refractivity (Wildman–Crippen MR) is 74.4 cm³/mol. The molecule has 0 saturated carbocycles. The van der Waals surface area contributed by atoms with E-state index in [1.165, 1.54) is 6.07 Å². The largest absolute Gasteiger partial charge is 0.478 e. The molecule has 0 saturated heterocycles. The number of aromatic carboxylic acids is 1. The van der Waals surface area contributed by atoms with Gasteiger partial charge in [0.05, 0.1) is 29.2 Å². The summed E-state index contributed by atoms with van der Waals surface area (Å²) in [5.74, 6) is -1.77. The van der Waals surface area contributed by atoms with Crippen LogP contribution >= 0.6 is 0 Å². The van der Waals surface area contributed by atoms with Crippen LogP contribution in [-0.4, -0.2) is 35.1 Å². The lowest BCUT2D eigenvalue weighted by Crippen LogP contribution is -2.16. The highest BCUT2D eigenvalue weighted by Crippen LogP contribution is 2.22. The van der Waals surface area contributed by atoms with Gasteiger partial charge in [-0.1, -0.05) is 6.92 Å². The zero-order valence-electron chi connectivity index (χ0n) is 11.5. The van der Waals surface area contributed by atoms with Gasteiger partial charge in [0.1, 0.15) is 0 Å². The summed E-state index contributed by atoms with van der Waals surface area (Å²) in [6, 6.07) is 3.24. The van der Waals surface area contributed by atoms with Crippen LogP contribution in [0.3, 0.4) is 0 Å². The first-order chi connectivity index (χ1) is 9.95. The van der Waals surface area contributed by atoms with E-state index in [1.54, 1.807) is 0 Å². The van der Waals surface area contributed by atoms with Crippen LogP contribution in [0.2, 0.25) is 0 Å². The number of carboxylic acid groups (broad SMARTS) is 1. The Kier molecular flexibility index (Phi) is 6.28. The van der Waals surface area contributed by atoms with Crippen LogP contribution in [0.4, 0.5) is 11.4 Å². The van der Waals surface area contributed by atoms with Crippen molar-refractivity contribution in [3.63, 3.8) is 0 Å². The second-order valence-corrected chi connectivity index (χ2v) is 4.20. The SMILES string of the molecule is CCCOCCC(=O)Nc1ccc([N+](=O)[O-])cc1C(=O)O. The monoisotopic (exact) mass is 296 g/mol. The van der Waals surface area contributed by atoms with E-state index >= 15 is 0 Å². The third-order valence-corrected chi connectivity index (χ3v) is 2.54. The second-order valence-electron chi connectivity index (χ2n) is 4.20. The third kappa shape index (κ3) is 5.19. The zero-order chi connectivity index (χ0) is 15.8. The summed E-state index contributed by atoms with van der Waals surface area (Å²) in [5, 5.41) is 22.1. The molecule has 1 rings (SSSR count). The minimum atomic E-state index is -1.35. The van der Waals surface area contributed by atoms with Crippen LogP contribution < -0.4 is 5.32 Å². The molecule has 2 N–H and O–H groups in total. The van der Waals surface area contributed by atoms with Crippen molar-refractivity contribution in [2.75, 3.05) is 18.5 Å². The van der Waals surface area contributed by atoms with E-state index in [0.29, 0.717) is 6.61 Å². The number of hydrogen-bond acceptors (Lipinski definition) is 5. The predicted octanol–water partition coefficient (Wildman–Crippen LogP) is 2.05. The summed E-state index contributed by atoms with van der Waals surface area (Å²) in [7, 11) is 0. The van der Waals surface area contributed by atoms with Gasteiger partial charge in [-0.25, -0.2) is 4.79 Å². The number of amides is 1. The molecule has 0 bridgehead atoms. The number of nitro groups is 1. The van der Waals surface area contributed by atoms with Gasteiger partial charge in [-0.05, 0) is 12.5 Å². The van der Waals surface area contributed by atoms with E-state index < -0.39 is 16.8 Å². The molecular weight excluding hydrogens is 280 g/mol. The van der Waals surface area contributed by atoms with Gasteiger partial charge in [0.25, 0.3) is 5.69 Å². The van der Waals surface area contributed by atoms with Crippen molar-refractivity contribution >= 4 is 23.3 Å². The molecule has 0 aliphatic rings. The first-order valence-electron chi connectivity index (χ1n) is 6.35. The molecule has 0 fully saturated rings. The fraction of sp³-hybridized carbons (Fsp3) is 0.385. The Labute approximate surface area is 120 Å². The maximum absolute atomic E-state index is 11.7. The fourth-order valence-electron chi connectivity index (χ4n) is 1.56. The molecule has 0 aromatic heterocycles. The Morgan fingerprint density at radius 1 is 1.38 bits per heavy atom. The minimum absolute atomic E-state index is 0.0218. The van der Waals surface area contributed by atoms with Crippen molar-refractivity contribution in [3.05, 3.63) is 33.9 Å². The molecule has 8 nitrogen and oxygen atoms in total. The first-order valence-corrected chi connectivity index (χ1v) is 6.35. The summed E-state index contributed by atoms with van der Waals surface area (Å²) >= 11 is 0. The van der Waals surface area contributed by atoms with Crippen LogP contribution in [0.5, 0.6) is 0 Å². The van der Waals surface area contributed by atoms with E-state index in [2.05, 4.69) is 5.32 Å². The molecule has 21 heavy (non-hydrogen) atoms. The highest BCUT2D eigenvalue weighted by molar-refractivity contribution is 6.01. The van der Waals surface area contributed by atoms with Crippen molar-refractivity contribution in [1.82, 2.24) is 0 Å². The highest BCUT2D eigenvalue weighted by atomic mass is 16.6. The maximum Gasteiger partial charge on any atom is 0.338 e. The van der Waals surface area contributed by atoms with Crippen LogP contribution in [0.25, 0.3) is 0 Å². The van der Waals surface area contributed by atoms with E-state index in [9.17, 15) is 19.7 Å². The third-order valence-electron chi connectivity index (χ3n) is 2.54. The quantitative estimate of drug-likeness (QED) is 0.430. The summed E-state index contributed by atoms with van der Waals surface area (Å²) in [6.45, 7) is 2.72. The van der Waals surface area contributed by atoms with Crippen molar-refractivity contribution in [2.45, 2.75) is 19.8 Å². The van der Waals surface area contributed by atoms with Crippen molar-refractivity contribution in [1.29, 1.82) is 0 Å². The van der Waals surface area contributed by atoms with Gasteiger partial charge in [0, 0.05) is 18.7 Å². The van der Waals surface area contributed by atoms with Gasteiger partial charge < -0.3 is 15.2 Å². The van der Waals surface area contributed by atoms with Gasteiger partial charge in [0.15, 0.2) is 0 Å². The number of benzene rings is 1. The molecule has 0 atom stereocenters. The van der Waals surface area contributed by atoms with Gasteiger partial charge in [0.2, 0.25) is 5.91 Å². The lowest BCUT2D eigenvalue weighted by Gasteiger charge is -2.08. The average Bonchev–Trinajstić information content (AvgIpc) is 2.43. The number of non-ortho nitro benzene ring substituents is 1. The number of nitro benzene ring substituents is 1. The van der Waals surface area contributed by atoms with Crippen molar-refractivity contribution < 1.29 is 24.4 Å². The van der Waals surface area contributed by atoms with E-state index in [0.717, 1.165) is 18.6 Å². The van der Waals surface area contributed by atoms with Gasteiger partial charge in [-0.15, -0.1) is 0 Å². The lowest BCUT2D eigenvalue weighted by molar-refractivity contribution is -0.384. The van der Waals surface area contributed by atoms with Crippen LogP contribution in [0.1, 0.15) is 30.1 Å². The Morgan fingerprint density at radius 2 is 2.10 bits per heavy atom.